The van der Waals surface area contributed by atoms with E-state index in [2.05, 4.69) is 25.1 Å². The summed E-state index contributed by atoms with van der Waals surface area (Å²) in [6.07, 6.45) is 0. The van der Waals surface area contributed by atoms with Gasteiger partial charge in [-0.3, -0.25) is 0 Å². The zero-order chi connectivity index (χ0) is 19.3. The van der Waals surface area contributed by atoms with Crippen LogP contribution in [0.2, 0.25) is 0 Å². The normalized spacial score (nSPS) is 11.8. The first-order valence-corrected chi connectivity index (χ1v) is 9.16. The zero-order valence-electron chi connectivity index (χ0n) is 13.9. The van der Waals surface area contributed by atoms with Gasteiger partial charge in [-0.2, -0.15) is 5.26 Å². The summed E-state index contributed by atoms with van der Waals surface area (Å²) >= 11 is 0. The van der Waals surface area contributed by atoms with E-state index in [9.17, 15) is 8.42 Å². The Labute approximate surface area is 155 Å². The quantitative estimate of drug-likeness (QED) is 0.493. The molecule has 0 aliphatic rings. The lowest BCUT2D eigenvalue weighted by atomic mass is 10.2. The van der Waals surface area contributed by atoms with E-state index in [1.807, 2.05) is 6.07 Å². The summed E-state index contributed by atoms with van der Waals surface area (Å²) in [5.74, 6) is 0.0391. The summed E-state index contributed by atoms with van der Waals surface area (Å²) in [6.45, 7) is 0.0373. The van der Waals surface area contributed by atoms with Crippen molar-refractivity contribution in [2.75, 3.05) is 0 Å². The Morgan fingerprint density at radius 1 is 1.19 bits per heavy atom. The predicted molar refractivity (Wildman–Crippen MR) is 96.1 cm³/mol. The molecule has 11 heteroatoms. The smallest absolute Gasteiger partial charge is 0.264 e. The van der Waals surface area contributed by atoms with Gasteiger partial charge in [0.1, 0.15) is 0 Å². The molecule has 0 saturated heterocycles. The minimum absolute atomic E-state index is 0.0373. The van der Waals surface area contributed by atoms with Gasteiger partial charge in [0.2, 0.25) is 0 Å². The predicted octanol–water partition coefficient (Wildman–Crippen LogP) is 0.518. The van der Waals surface area contributed by atoms with Crippen LogP contribution in [0.3, 0.4) is 0 Å². The number of nitriles is 1. The van der Waals surface area contributed by atoms with Gasteiger partial charge in [-0.05, 0) is 41.6 Å². The molecule has 0 unspecified atom stereocenters. The number of hydrogen-bond donors (Lipinski definition) is 2. The van der Waals surface area contributed by atoms with Gasteiger partial charge in [0.25, 0.3) is 16.0 Å². The number of rotatable bonds is 4. The van der Waals surface area contributed by atoms with Crippen LogP contribution in [-0.4, -0.2) is 34.6 Å². The maximum absolute atomic E-state index is 12.6. The first kappa shape index (κ1) is 18.2. The van der Waals surface area contributed by atoms with Crippen LogP contribution in [0.1, 0.15) is 11.4 Å². The molecule has 10 nitrogen and oxygen atoms in total. The van der Waals surface area contributed by atoms with Crippen molar-refractivity contribution in [2.24, 2.45) is 10.7 Å². The van der Waals surface area contributed by atoms with Crippen LogP contribution in [0.5, 0.6) is 0 Å². The van der Waals surface area contributed by atoms with E-state index in [-0.39, 0.29) is 23.2 Å². The van der Waals surface area contributed by atoms with E-state index in [0.29, 0.717) is 11.3 Å². The topological polar surface area (TPSA) is 152 Å². The van der Waals surface area contributed by atoms with E-state index >= 15 is 0 Å². The van der Waals surface area contributed by atoms with Crippen LogP contribution >= 0.6 is 0 Å². The largest absolute Gasteiger partial charge is 0.324 e. The molecule has 0 aliphatic heterocycles. The maximum atomic E-state index is 12.6. The van der Waals surface area contributed by atoms with Crippen molar-refractivity contribution in [1.29, 1.82) is 5.26 Å². The molecule has 1 aromatic heterocycles. The van der Waals surface area contributed by atoms with Gasteiger partial charge in [0.05, 0.1) is 28.8 Å². The highest BCUT2D eigenvalue weighted by Gasteiger charge is 2.19. The third-order valence-corrected chi connectivity index (χ3v) is 4.68. The van der Waals surface area contributed by atoms with Crippen molar-refractivity contribution in [2.45, 2.75) is 11.4 Å². The fourth-order valence-corrected chi connectivity index (χ4v) is 3.04. The van der Waals surface area contributed by atoms with Gasteiger partial charge in [0.15, 0.2) is 5.82 Å². The number of tetrazole rings is 1. The second-order valence-electron chi connectivity index (χ2n) is 5.21. The fourth-order valence-electron chi connectivity index (χ4n) is 2.03. The number of aromatic nitrogens is 4. The Hall–Kier alpha value is -3.62. The molecule has 0 radical (unpaired) electrons. The van der Waals surface area contributed by atoms with Crippen LogP contribution in [0.4, 0.5) is 5.69 Å². The van der Waals surface area contributed by atoms with Gasteiger partial charge in [-0.1, -0.05) is 23.0 Å². The van der Waals surface area contributed by atoms with Crippen molar-refractivity contribution >= 4 is 21.7 Å². The first-order chi connectivity index (χ1) is 13.0. The van der Waals surface area contributed by atoms with E-state index in [0.717, 1.165) is 4.80 Å². The molecule has 136 valence electrons. The third kappa shape index (κ3) is 4.32. The molecule has 0 amide bonds. The fraction of sp³-hybridized carbons (Fsp3) is 0.0625. The number of nitrogens with two attached hydrogens (primary N) is 1. The lowest BCUT2D eigenvalue weighted by molar-refractivity contribution is 0.590. The molecule has 0 spiro atoms. The molecule has 3 N–H and O–H groups in total. The summed E-state index contributed by atoms with van der Waals surface area (Å²) in [6, 6.07) is 16.0. The Balaban J connectivity index is 2.02. The Bertz CT molecular complexity index is 1100. The summed E-state index contributed by atoms with van der Waals surface area (Å²) in [5, 5.41) is 20.4. The van der Waals surface area contributed by atoms with E-state index in [1.54, 1.807) is 42.5 Å². The highest BCUT2D eigenvalue weighted by molar-refractivity contribution is 7.90. The number of aliphatic imine (C=N–C) groups is 1. The average molecular weight is 382 g/mol. The molecule has 0 saturated carbocycles. The van der Waals surface area contributed by atoms with E-state index < -0.39 is 10.0 Å². The molecule has 2 aromatic carbocycles. The second kappa shape index (κ2) is 7.73. The van der Waals surface area contributed by atoms with Crippen molar-refractivity contribution in [3.63, 3.8) is 0 Å². The summed E-state index contributed by atoms with van der Waals surface area (Å²) < 4.78 is 27.6. The summed E-state index contributed by atoms with van der Waals surface area (Å²) in [5.41, 5.74) is 6.32. The van der Waals surface area contributed by atoms with Crippen LogP contribution in [0.25, 0.3) is 0 Å². The standard InChI is InChI=1S/C16H14N8O2S/c17-10-12-6-8-13(9-7-12)19-16(24-21-15(11-18)20-23-24)22-27(25,26)14-4-2-1-3-5-14/h1-9H,11,18H2,(H,19,22). The molecular weight excluding hydrogens is 368 g/mol. The molecule has 3 aromatic rings. The summed E-state index contributed by atoms with van der Waals surface area (Å²) in [7, 11) is -3.93. The highest BCUT2D eigenvalue weighted by Crippen LogP contribution is 2.14. The Morgan fingerprint density at radius 2 is 1.89 bits per heavy atom. The number of hydrogen-bond acceptors (Lipinski definition) is 8. The number of benzene rings is 2. The van der Waals surface area contributed by atoms with E-state index in [1.165, 1.54) is 12.1 Å². The van der Waals surface area contributed by atoms with Crippen molar-refractivity contribution in [1.82, 2.24) is 24.9 Å². The van der Waals surface area contributed by atoms with Crippen LogP contribution in [-0.2, 0) is 16.6 Å². The minimum Gasteiger partial charge on any atom is -0.324 e. The van der Waals surface area contributed by atoms with Gasteiger partial charge < -0.3 is 5.73 Å². The molecule has 0 fully saturated rings. The lowest BCUT2D eigenvalue weighted by Crippen LogP contribution is -2.37. The van der Waals surface area contributed by atoms with Crippen LogP contribution in [0, 0.1) is 11.3 Å². The Kier molecular flexibility index (Phi) is 5.20. The Morgan fingerprint density at radius 3 is 2.48 bits per heavy atom. The second-order valence-corrected chi connectivity index (χ2v) is 6.89. The van der Waals surface area contributed by atoms with Crippen molar-refractivity contribution in [3.8, 4) is 6.07 Å². The molecular formula is C16H14N8O2S. The molecule has 0 atom stereocenters. The lowest BCUT2D eigenvalue weighted by Gasteiger charge is -2.09. The van der Waals surface area contributed by atoms with Gasteiger partial charge in [-0.15, -0.1) is 10.2 Å². The molecule has 3 rings (SSSR count). The van der Waals surface area contributed by atoms with Gasteiger partial charge in [-0.25, -0.2) is 18.1 Å². The van der Waals surface area contributed by atoms with Crippen molar-refractivity contribution in [3.05, 3.63) is 66.0 Å². The number of nitrogens with one attached hydrogen (secondary N) is 1. The minimum atomic E-state index is -3.93. The molecule has 1 heterocycles. The first-order valence-electron chi connectivity index (χ1n) is 7.68. The highest BCUT2D eigenvalue weighted by atomic mass is 32.2. The average Bonchev–Trinajstić information content (AvgIpc) is 3.18. The monoisotopic (exact) mass is 382 g/mol. The summed E-state index contributed by atoms with van der Waals surface area (Å²) in [4.78, 5) is 5.23. The maximum Gasteiger partial charge on any atom is 0.264 e. The van der Waals surface area contributed by atoms with Gasteiger partial charge >= 0.3 is 0 Å². The van der Waals surface area contributed by atoms with Crippen molar-refractivity contribution < 1.29 is 8.42 Å². The SMILES string of the molecule is N#Cc1ccc(N=C(NS(=O)(=O)c2ccccc2)n2nnc(CN)n2)cc1. The number of nitrogens with zero attached hydrogens (tertiary/aromatic N) is 6. The number of sulfonamides is 1. The molecule has 0 aliphatic carbocycles. The van der Waals surface area contributed by atoms with Crippen LogP contribution < -0.4 is 10.5 Å². The third-order valence-electron chi connectivity index (χ3n) is 3.34. The zero-order valence-corrected chi connectivity index (χ0v) is 14.7. The van der Waals surface area contributed by atoms with E-state index in [4.69, 9.17) is 11.0 Å². The molecule has 0 bridgehead atoms. The van der Waals surface area contributed by atoms with Crippen LogP contribution in [0.15, 0.2) is 64.5 Å². The van der Waals surface area contributed by atoms with Gasteiger partial charge in [0, 0.05) is 0 Å². The molecule has 27 heavy (non-hydrogen) atoms.